The van der Waals surface area contributed by atoms with E-state index in [-0.39, 0.29) is 10.5 Å². The molecule has 0 spiro atoms. The molecule has 0 radical (unpaired) electrons. The van der Waals surface area contributed by atoms with Crippen LogP contribution in [-0.4, -0.2) is 27.5 Å². The molecule has 0 saturated heterocycles. The maximum atomic E-state index is 12.6. The SMILES string of the molecule is Cc1cc(C)c(S(=O)(=O)NNC(=O)c2ccc3c(c2)OCCO3)c(C)c1. The van der Waals surface area contributed by atoms with Gasteiger partial charge in [0.1, 0.15) is 13.2 Å². The molecule has 0 aromatic heterocycles. The first-order valence-corrected chi connectivity index (χ1v) is 9.56. The molecular formula is C18H20N2O5S. The van der Waals surface area contributed by atoms with Crippen molar-refractivity contribution in [3.63, 3.8) is 0 Å². The number of sulfonamides is 1. The van der Waals surface area contributed by atoms with Crippen molar-refractivity contribution < 1.29 is 22.7 Å². The number of fused-ring (bicyclic) bond motifs is 1. The minimum atomic E-state index is -3.90. The van der Waals surface area contributed by atoms with Crippen LogP contribution < -0.4 is 19.7 Å². The van der Waals surface area contributed by atoms with E-state index in [4.69, 9.17) is 9.47 Å². The molecule has 0 saturated carbocycles. The van der Waals surface area contributed by atoms with Gasteiger partial charge in [0.05, 0.1) is 4.90 Å². The van der Waals surface area contributed by atoms with Crippen LogP contribution in [0.1, 0.15) is 27.0 Å². The first-order valence-electron chi connectivity index (χ1n) is 8.07. The average molecular weight is 376 g/mol. The number of hydrogen-bond donors (Lipinski definition) is 2. The van der Waals surface area contributed by atoms with Crippen LogP contribution in [-0.2, 0) is 10.0 Å². The number of hydrogen-bond acceptors (Lipinski definition) is 5. The van der Waals surface area contributed by atoms with E-state index in [1.807, 2.05) is 6.92 Å². The summed E-state index contributed by atoms with van der Waals surface area (Å²) in [6.45, 7) is 6.19. The van der Waals surface area contributed by atoms with Crippen LogP contribution in [0.4, 0.5) is 0 Å². The number of nitrogens with one attached hydrogen (secondary N) is 2. The van der Waals surface area contributed by atoms with Gasteiger partial charge in [-0.1, -0.05) is 17.7 Å². The summed E-state index contributed by atoms with van der Waals surface area (Å²) in [4.78, 5) is 14.6. The Morgan fingerprint density at radius 3 is 2.23 bits per heavy atom. The van der Waals surface area contributed by atoms with Gasteiger partial charge in [0.25, 0.3) is 15.9 Å². The molecule has 26 heavy (non-hydrogen) atoms. The summed E-state index contributed by atoms with van der Waals surface area (Å²) in [5, 5.41) is 0. The smallest absolute Gasteiger partial charge is 0.266 e. The predicted octanol–water partition coefficient (Wildman–Crippen LogP) is 2.01. The zero-order valence-corrected chi connectivity index (χ0v) is 15.6. The minimum absolute atomic E-state index is 0.158. The summed E-state index contributed by atoms with van der Waals surface area (Å²) < 4.78 is 36.0. The molecule has 8 heteroatoms. The zero-order valence-electron chi connectivity index (χ0n) is 14.8. The minimum Gasteiger partial charge on any atom is -0.486 e. The molecule has 1 aliphatic rings. The third-order valence-corrected chi connectivity index (χ3v) is 5.53. The molecule has 1 heterocycles. The van der Waals surface area contributed by atoms with Gasteiger partial charge in [0.15, 0.2) is 11.5 Å². The van der Waals surface area contributed by atoms with E-state index in [0.717, 1.165) is 5.56 Å². The number of benzene rings is 2. The van der Waals surface area contributed by atoms with Crippen molar-refractivity contribution in [1.82, 2.24) is 10.3 Å². The highest BCUT2D eigenvalue weighted by molar-refractivity contribution is 7.89. The van der Waals surface area contributed by atoms with Gasteiger partial charge in [-0.05, 0) is 50.1 Å². The summed E-state index contributed by atoms with van der Waals surface area (Å²) >= 11 is 0. The second-order valence-corrected chi connectivity index (χ2v) is 7.77. The third kappa shape index (κ3) is 3.66. The summed E-state index contributed by atoms with van der Waals surface area (Å²) in [6, 6.07) is 8.24. The van der Waals surface area contributed by atoms with Gasteiger partial charge in [0, 0.05) is 5.56 Å². The summed E-state index contributed by atoms with van der Waals surface area (Å²) in [6.07, 6.45) is 0. The number of carbonyl (C=O) groups excluding carboxylic acids is 1. The Labute approximate surface area is 152 Å². The maximum absolute atomic E-state index is 12.6. The van der Waals surface area contributed by atoms with Crippen molar-refractivity contribution in [1.29, 1.82) is 0 Å². The summed E-state index contributed by atoms with van der Waals surface area (Å²) in [5.41, 5.74) is 4.70. The number of aryl methyl sites for hydroxylation is 3. The van der Waals surface area contributed by atoms with Crippen molar-refractivity contribution >= 4 is 15.9 Å². The van der Waals surface area contributed by atoms with E-state index in [9.17, 15) is 13.2 Å². The first kappa shape index (κ1) is 18.2. The number of hydrazine groups is 1. The Bertz CT molecular complexity index is 947. The molecule has 1 aliphatic heterocycles. The van der Waals surface area contributed by atoms with Gasteiger partial charge < -0.3 is 9.47 Å². The van der Waals surface area contributed by atoms with Crippen LogP contribution in [0.2, 0.25) is 0 Å². The van der Waals surface area contributed by atoms with E-state index in [2.05, 4.69) is 10.3 Å². The number of rotatable bonds is 4. The molecule has 0 aliphatic carbocycles. The monoisotopic (exact) mass is 376 g/mol. The van der Waals surface area contributed by atoms with Crippen molar-refractivity contribution in [2.45, 2.75) is 25.7 Å². The van der Waals surface area contributed by atoms with Gasteiger partial charge in [-0.3, -0.25) is 10.2 Å². The summed E-state index contributed by atoms with van der Waals surface area (Å²) in [7, 11) is -3.90. The zero-order chi connectivity index (χ0) is 18.9. The fraction of sp³-hybridized carbons (Fsp3) is 0.278. The van der Waals surface area contributed by atoms with E-state index < -0.39 is 15.9 Å². The second-order valence-electron chi connectivity index (χ2n) is 6.15. The molecule has 0 bridgehead atoms. The highest BCUT2D eigenvalue weighted by atomic mass is 32.2. The van der Waals surface area contributed by atoms with Gasteiger partial charge in [0.2, 0.25) is 0 Å². The molecule has 0 unspecified atom stereocenters. The molecule has 1 amide bonds. The van der Waals surface area contributed by atoms with Crippen molar-refractivity contribution in [3.05, 3.63) is 52.6 Å². The number of amides is 1. The highest BCUT2D eigenvalue weighted by Gasteiger charge is 2.21. The Hall–Kier alpha value is -2.58. The molecule has 138 valence electrons. The van der Waals surface area contributed by atoms with Gasteiger partial charge in [-0.15, -0.1) is 4.83 Å². The fourth-order valence-corrected chi connectivity index (χ4v) is 4.31. The Morgan fingerprint density at radius 2 is 1.58 bits per heavy atom. The lowest BCUT2D eigenvalue weighted by atomic mass is 10.1. The van der Waals surface area contributed by atoms with Crippen LogP contribution in [0, 0.1) is 20.8 Å². The molecule has 3 rings (SSSR count). The van der Waals surface area contributed by atoms with Crippen molar-refractivity contribution in [2.24, 2.45) is 0 Å². The van der Waals surface area contributed by atoms with Gasteiger partial charge in [-0.25, -0.2) is 8.42 Å². The van der Waals surface area contributed by atoms with E-state index in [1.54, 1.807) is 38.1 Å². The van der Waals surface area contributed by atoms with Crippen LogP contribution >= 0.6 is 0 Å². The van der Waals surface area contributed by atoms with Crippen molar-refractivity contribution in [3.8, 4) is 11.5 Å². The average Bonchev–Trinajstić information content (AvgIpc) is 2.58. The lowest BCUT2D eigenvalue weighted by molar-refractivity contribution is 0.0944. The first-order chi connectivity index (χ1) is 12.3. The van der Waals surface area contributed by atoms with Crippen LogP contribution in [0.5, 0.6) is 11.5 Å². The molecule has 0 fully saturated rings. The largest absolute Gasteiger partial charge is 0.486 e. The lowest BCUT2D eigenvalue weighted by Gasteiger charge is -2.19. The quantitative estimate of drug-likeness (QED) is 0.796. The molecule has 2 N–H and O–H groups in total. The molecule has 2 aromatic carbocycles. The highest BCUT2D eigenvalue weighted by Crippen LogP contribution is 2.30. The van der Waals surface area contributed by atoms with E-state index >= 15 is 0 Å². The van der Waals surface area contributed by atoms with Crippen LogP contribution in [0.25, 0.3) is 0 Å². The normalized spacial score (nSPS) is 13.3. The van der Waals surface area contributed by atoms with Gasteiger partial charge >= 0.3 is 0 Å². The Kier molecular flexibility index (Phi) is 4.88. The predicted molar refractivity (Wildman–Crippen MR) is 95.9 cm³/mol. The standard InChI is InChI=1S/C18H20N2O5S/c1-11-8-12(2)17(13(3)9-11)26(22,23)20-19-18(21)14-4-5-15-16(10-14)25-7-6-24-15/h4-5,8-10,20H,6-7H2,1-3H3,(H,19,21). The molecular weight excluding hydrogens is 356 g/mol. The fourth-order valence-electron chi connectivity index (χ4n) is 3.01. The summed E-state index contributed by atoms with van der Waals surface area (Å²) in [5.74, 6) is 0.421. The lowest BCUT2D eigenvalue weighted by Crippen LogP contribution is -2.42. The molecule has 7 nitrogen and oxygen atoms in total. The second kappa shape index (κ2) is 6.97. The Balaban J connectivity index is 1.77. The molecule has 0 atom stereocenters. The number of carbonyl (C=O) groups is 1. The topological polar surface area (TPSA) is 93.7 Å². The van der Waals surface area contributed by atoms with Gasteiger partial charge in [-0.2, -0.15) is 0 Å². The Morgan fingerprint density at radius 1 is 0.962 bits per heavy atom. The van der Waals surface area contributed by atoms with Crippen LogP contribution in [0.15, 0.2) is 35.2 Å². The molecule has 2 aromatic rings. The maximum Gasteiger partial charge on any atom is 0.266 e. The van der Waals surface area contributed by atoms with E-state index in [1.165, 1.54) is 6.07 Å². The van der Waals surface area contributed by atoms with Crippen LogP contribution in [0.3, 0.4) is 0 Å². The third-order valence-electron chi connectivity index (χ3n) is 3.98. The number of ether oxygens (including phenoxy) is 2. The van der Waals surface area contributed by atoms with E-state index in [0.29, 0.717) is 35.8 Å². The van der Waals surface area contributed by atoms with Crippen molar-refractivity contribution in [2.75, 3.05) is 13.2 Å².